The number of aryl methyl sites for hydroxylation is 2. The fourth-order valence-electron chi connectivity index (χ4n) is 3.36. The normalized spacial score (nSPS) is 16.8. The second kappa shape index (κ2) is 9.55. The van der Waals surface area contributed by atoms with Crippen LogP contribution in [0.3, 0.4) is 0 Å². The van der Waals surface area contributed by atoms with Crippen molar-refractivity contribution in [2.24, 2.45) is 0 Å². The number of hydrogen-bond donors (Lipinski definition) is 3. The molecule has 166 valence electrons. The maximum atomic E-state index is 12.6. The SMILES string of the molecule is Cc1ccc(Nc2cc(C)nc(NCCNC(=O)C3Oc4ccccc4OC3C)n2)cc1. The van der Waals surface area contributed by atoms with E-state index in [0.717, 1.165) is 11.4 Å². The number of carbonyl (C=O) groups excluding carboxylic acids is 1. The van der Waals surface area contributed by atoms with Gasteiger partial charge in [-0.1, -0.05) is 29.8 Å². The lowest BCUT2D eigenvalue weighted by atomic mass is 10.1. The summed E-state index contributed by atoms with van der Waals surface area (Å²) in [7, 11) is 0. The molecule has 8 nitrogen and oxygen atoms in total. The molecule has 0 aliphatic carbocycles. The van der Waals surface area contributed by atoms with Crippen LogP contribution in [0.5, 0.6) is 11.5 Å². The molecule has 0 radical (unpaired) electrons. The topological polar surface area (TPSA) is 97.4 Å². The molecule has 0 fully saturated rings. The van der Waals surface area contributed by atoms with Crippen LogP contribution in [-0.4, -0.2) is 41.2 Å². The minimum Gasteiger partial charge on any atom is -0.482 e. The number of hydrogen-bond acceptors (Lipinski definition) is 7. The Labute approximate surface area is 187 Å². The van der Waals surface area contributed by atoms with Crippen molar-refractivity contribution in [3.63, 3.8) is 0 Å². The lowest BCUT2D eigenvalue weighted by Gasteiger charge is -2.31. The van der Waals surface area contributed by atoms with Crippen molar-refractivity contribution in [2.45, 2.75) is 33.0 Å². The van der Waals surface area contributed by atoms with Gasteiger partial charge in [-0.2, -0.15) is 4.98 Å². The van der Waals surface area contributed by atoms with Crippen LogP contribution in [0.25, 0.3) is 0 Å². The third kappa shape index (κ3) is 5.26. The summed E-state index contributed by atoms with van der Waals surface area (Å²) in [6.07, 6.45) is -1.08. The second-order valence-electron chi connectivity index (χ2n) is 7.74. The molecular formula is C24H27N5O3. The zero-order valence-electron chi connectivity index (χ0n) is 18.4. The van der Waals surface area contributed by atoms with Gasteiger partial charge in [-0.15, -0.1) is 0 Å². The summed E-state index contributed by atoms with van der Waals surface area (Å²) in [4.78, 5) is 21.5. The molecule has 0 saturated carbocycles. The molecule has 2 heterocycles. The van der Waals surface area contributed by atoms with Crippen molar-refractivity contribution in [1.82, 2.24) is 15.3 Å². The van der Waals surface area contributed by atoms with E-state index < -0.39 is 6.10 Å². The molecule has 1 aliphatic rings. The largest absolute Gasteiger partial charge is 0.482 e. The number of anilines is 3. The highest BCUT2D eigenvalue weighted by atomic mass is 16.6. The number of ether oxygens (including phenoxy) is 2. The number of para-hydroxylation sites is 2. The monoisotopic (exact) mass is 433 g/mol. The van der Waals surface area contributed by atoms with Crippen molar-refractivity contribution < 1.29 is 14.3 Å². The molecule has 2 aromatic carbocycles. The number of amides is 1. The van der Waals surface area contributed by atoms with E-state index in [0.29, 0.717) is 36.4 Å². The Balaban J connectivity index is 1.28. The second-order valence-corrected chi connectivity index (χ2v) is 7.74. The quantitative estimate of drug-likeness (QED) is 0.490. The van der Waals surface area contributed by atoms with E-state index in [-0.39, 0.29) is 12.0 Å². The zero-order valence-corrected chi connectivity index (χ0v) is 18.4. The third-order valence-electron chi connectivity index (χ3n) is 4.99. The van der Waals surface area contributed by atoms with Crippen LogP contribution >= 0.6 is 0 Å². The van der Waals surface area contributed by atoms with E-state index >= 15 is 0 Å². The maximum absolute atomic E-state index is 12.6. The molecule has 4 rings (SSSR count). The standard InChI is InChI=1S/C24H27N5O3/c1-15-8-10-18(11-9-15)28-21-14-16(2)27-24(29-21)26-13-12-25-23(30)22-17(3)31-19-6-4-5-7-20(19)32-22/h4-11,14,17,22H,12-13H2,1-3H3,(H,25,30)(H2,26,27,28,29). The summed E-state index contributed by atoms with van der Waals surface area (Å²) in [6.45, 7) is 6.64. The van der Waals surface area contributed by atoms with Crippen molar-refractivity contribution in [2.75, 3.05) is 23.7 Å². The van der Waals surface area contributed by atoms with Crippen molar-refractivity contribution in [1.29, 1.82) is 0 Å². The molecule has 32 heavy (non-hydrogen) atoms. The molecule has 1 aliphatic heterocycles. The van der Waals surface area contributed by atoms with Crippen LogP contribution in [-0.2, 0) is 4.79 Å². The van der Waals surface area contributed by atoms with Gasteiger partial charge >= 0.3 is 0 Å². The summed E-state index contributed by atoms with van der Waals surface area (Å²) in [5, 5.41) is 9.32. The Bertz CT molecular complexity index is 1090. The van der Waals surface area contributed by atoms with E-state index in [1.807, 2.05) is 69.3 Å². The van der Waals surface area contributed by atoms with E-state index in [2.05, 4.69) is 25.9 Å². The molecule has 3 N–H and O–H groups in total. The molecule has 2 unspecified atom stereocenters. The van der Waals surface area contributed by atoms with Crippen molar-refractivity contribution in [3.05, 3.63) is 65.9 Å². The summed E-state index contributed by atoms with van der Waals surface area (Å²) >= 11 is 0. The number of nitrogens with zero attached hydrogens (tertiary/aromatic N) is 2. The van der Waals surface area contributed by atoms with E-state index in [1.54, 1.807) is 6.07 Å². The third-order valence-corrected chi connectivity index (χ3v) is 4.99. The number of nitrogens with one attached hydrogen (secondary N) is 3. The van der Waals surface area contributed by atoms with Crippen LogP contribution in [0.15, 0.2) is 54.6 Å². The molecule has 2 atom stereocenters. The highest BCUT2D eigenvalue weighted by Crippen LogP contribution is 2.33. The lowest BCUT2D eigenvalue weighted by molar-refractivity contribution is -0.133. The number of fused-ring (bicyclic) bond motifs is 1. The minimum atomic E-state index is -0.703. The highest BCUT2D eigenvalue weighted by molar-refractivity contribution is 5.82. The number of carbonyl (C=O) groups is 1. The first-order chi connectivity index (χ1) is 15.5. The van der Waals surface area contributed by atoms with E-state index in [4.69, 9.17) is 9.47 Å². The Morgan fingerprint density at radius 1 is 0.969 bits per heavy atom. The summed E-state index contributed by atoms with van der Waals surface area (Å²) in [6, 6.07) is 17.3. The highest BCUT2D eigenvalue weighted by Gasteiger charge is 2.33. The molecule has 1 aromatic heterocycles. The molecule has 1 amide bonds. The fourth-order valence-corrected chi connectivity index (χ4v) is 3.36. The van der Waals surface area contributed by atoms with Gasteiger partial charge in [-0.25, -0.2) is 4.98 Å². The Morgan fingerprint density at radius 2 is 1.69 bits per heavy atom. The van der Waals surface area contributed by atoms with Gasteiger partial charge < -0.3 is 25.4 Å². The first kappa shape index (κ1) is 21.4. The number of rotatable bonds is 7. The predicted molar refractivity (Wildman–Crippen MR) is 124 cm³/mol. The molecule has 0 saturated heterocycles. The van der Waals surface area contributed by atoms with Crippen molar-refractivity contribution >= 4 is 23.4 Å². The molecule has 0 spiro atoms. The predicted octanol–water partition coefficient (Wildman–Crippen LogP) is 3.59. The van der Waals surface area contributed by atoms with E-state index in [1.165, 1.54) is 5.56 Å². The van der Waals surface area contributed by atoms with Gasteiger partial charge in [-0.05, 0) is 45.0 Å². The van der Waals surface area contributed by atoms with Crippen LogP contribution < -0.4 is 25.4 Å². The van der Waals surface area contributed by atoms with Gasteiger partial charge in [0.05, 0.1) is 0 Å². The maximum Gasteiger partial charge on any atom is 0.265 e. The summed E-state index contributed by atoms with van der Waals surface area (Å²) < 4.78 is 11.6. The number of aromatic nitrogens is 2. The number of benzene rings is 2. The Morgan fingerprint density at radius 3 is 2.44 bits per heavy atom. The fraction of sp³-hybridized carbons (Fsp3) is 0.292. The first-order valence-electron chi connectivity index (χ1n) is 10.6. The molecule has 0 bridgehead atoms. The minimum absolute atomic E-state index is 0.222. The van der Waals surface area contributed by atoms with Gasteiger partial charge in [-0.3, -0.25) is 4.79 Å². The average Bonchev–Trinajstić information content (AvgIpc) is 2.77. The van der Waals surface area contributed by atoms with Gasteiger partial charge in [0.2, 0.25) is 12.1 Å². The first-order valence-corrected chi connectivity index (χ1v) is 10.6. The van der Waals surface area contributed by atoms with Crippen LogP contribution in [0, 0.1) is 13.8 Å². The summed E-state index contributed by atoms with van der Waals surface area (Å²) in [5.41, 5.74) is 2.99. The van der Waals surface area contributed by atoms with Crippen LogP contribution in [0.2, 0.25) is 0 Å². The van der Waals surface area contributed by atoms with Gasteiger partial charge in [0.25, 0.3) is 5.91 Å². The lowest BCUT2D eigenvalue weighted by Crippen LogP contribution is -2.49. The smallest absolute Gasteiger partial charge is 0.265 e. The van der Waals surface area contributed by atoms with Gasteiger partial charge in [0.15, 0.2) is 11.5 Å². The molecular weight excluding hydrogens is 406 g/mol. The van der Waals surface area contributed by atoms with Crippen molar-refractivity contribution in [3.8, 4) is 11.5 Å². The molecule has 3 aromatic rings. The summed E-state index contributed by atoms with van der Waals surface area (Å²) in [5.74, 6) is 2.20. The van der Waals surface area contributed by atoms with Gasteiger partial charge in [0, 0.05) is 30.5 Å². The zero-order chi connectivity index (χ0) is 22.5. The Hall–Kier alpha value is -3.81. The van der Waals surface area contributed by atoms with E-state index in [9.17, 15) is 4.79 Å². The van der Waals surface area contributed by atoms with Gasteiger partial charge in [0.1, 0.15) is 11.9 Å². The molecule has 8 heteroatoms. The van der Waals surface area contributed by atoms with Crippen LogP contribution in [0.4, 0.5) is 17.5 Å². The Kier molecular flexibility index (Phi) is 6.39. The van der Waals surface area contributed by atoms with Crippen LogP contribution in [0.1, 0.15) is 18.2 Å². The average molecular weight is 434 g/mol.